The second-order valence-corrected chi connectivity index (χ2v) is 7.35. The lowest BCUT2D eigenvalue weighted by molar-refractivity contribution is 0.0660. The average Bonchev–Trinajstić information content (AvgIpc) is 3.48. The third-order valence-electron chi connectivity index (χ3n) is 4.60. The van der Waals surface area contributed by atoms with Gasteiger partial charge in [0, 0.05) is 11.8 Å². The molecule has 0 bridgehead atoms. The summed E-state index contributed by atoms with van der Waals surface area (Å²) in [5.41, 5.74) is 3.10. The maximum Gasteiger partial charge on any atom is 0.282 e. The summed E-state index contributed by atoms with van der Waals surface area (Å²) in [5.74, 6) is -0.843. The molecule has 0 saturated carbocycles. The fraction of sp³-hybridized carbons (Fsp3) is 0. The average molecular weight is 398 g/mol. The first-order chi connectivity index (χ1) is 14.2. The van der Waals surface area contributed by atoms with Gasteiger partial charge < -0.3 is 0 Å². The Bertz CT molecular complexity index is 1210. The number of fused-ring (bicyclic) bond motifs is 1. The van der Waals surface area contributed by atoms with Gasteiger partial charge in [0.15, 0.2) is 0 Å². The van der Waals surface area contributed by atoms with E-state index in [9.17, 15) is 9.59 Å². The van der Waals surface area contributed by atoms with Crippen LogP contribution in [0.2, 0.25) is 0 Å². The Morgan fingerprint density at radius 3 is 2.21 bits per heavy atom. The zero-order chi connectivity index (χ0) is 19.8. The van der Waals surface area contributed by atoms with Gasteiger partial charge in [-0.25, -0.2) is 4.68 Å². The molecule has 0 radical (unpaired) electrons. The molecule has 0 spiro atoms. The van der Waals surface area contributed by atoms with Crippen molar-refractivity contribution in [3.05, 3.63) is 95.0 Å². The molecule has 1 aliphatic rings. The largest absolute Gasteiger partial charge is 0.282 e. The van der Waals surface area contributed by atoms with Gasteiger partial charge in [0.2, 0.25) is 0 Å². The fourth-order valence-corrected chi connectivity index (χ4v) is 3.93. The Kier molecular flexibility index (Phi) is 4.14. The van der Waals surface area contributed by atoms with Gasteiger partial charge in [-0.05, 0) is 35.7 Å². The molecule has 3 heterocycles. The van der Waals surface area contributed by atoms with E-state index in [1.165, 1.54) is 6.21 Å². The number of aromatic nitrogens is 2. The summed E-state index contributed by atoms with van der Waals surface area (Å²) in [6.07, 6.45) is 3.36. The second-order valence-electron chi connectivity index (χ2n) is 6.40. The smallest absolute Gasteiger partial charge is 0.267 e. The molecule has 2 amide bonds. The number of rotatable bonds is 4. The van der Waals surface area contributed by atoms with Crippen LogP contribution >= 0.6 is 11.3 Å². The number of carbonyl (C=O) groups excluding carboxylic acids is 2. The van der Waals surface area contributed by atoms with Crippen LogP contribution < -0.4 is 0 Å². The Morgan fingerprint density at radius 1 is 0.862 bits per heavy atom. The molecule has 29 heavy (non-hydrogen) atoms. The number of hydrogen-bond acceptors (Lipinski definition) is 5. The van der Waals surface area contributed by atoms with Gasteiger partial charge >= 0.3 is 0 Å². The SMILES string of the molecule is O=C1c2ccccc2C(=O)N1/N=C/c1cn(-c2ccccc2)nc1-c1cccs1. The van der Waals surface area contributed by atoms with Gasteiger partial charge in [0.25, 0.3) is 11.8 Å². The van der Waals surface area contributed by atoms with Crippen molar-refractivity contribution in [1.29, 1.82) is 0 Å². The van der Waals surface area contributed by atoms with E-state index in [2.05, 4.69) is 5.10 Å². The highest BCUT2D eigenvalue weighted by Gasteiger charge is 2.35. The maximum atomic E-state index is 12.5. The number of thiophene rings is 1. The molecule has 2 aromatic carbocycles. The number of hydrazone groups is 1. The van der Waals surface area contributed by atoms with E-state index in [1.807, 2.05) is 54.0 Å². The summed E-state index contributed by atoms with van der Waals surface area (Å²) >= 11 is 1.56. The lowest BCUT2D eigenvalue weighted by atomic mass is 10.1. The molecular formula is C22H14N4O2S. The van der Waals surface area contributed by atoms with Crippen LogP contribution in [-0.2, 0) is 0 Å². The second kappa shape index (κ2) is 6.96. The first-order valence-corrected chi connectivity index (χ1v) is 9.81. The van der Waals surface area contributed by atoms with Crippen LogP contribution in [0.15, 0.2) is 83.4 Å². The highest BCUT2D eigenvalue weighted by molar-refractivity contribution is 7.13. The molecule has 2 aromatic heterocycles. The monoisotopic (exact) mass is 398 g/mol. The predicted molar refractivity (Wildman–Crippen MR) is 111 cm³/mol. The van der Waals surface area contributed by atoms with E-state index in [0.717, 1.165) is 21.3 Å². The van der Waals surface area contributed by atoms with E-state index in [-0.39, 0.29) is 0 Å². The number of nitrogens with zero attached hydrogens (tertiary/aromatic N) is 4. The number of amides is 2. The quantitative estimate of drug-likeness (QED) is 0.382. The molecule has 0 aliphatic carbocycles. The van der Waals surface area contributed by atoms with Gasteiger partial charge in [-0.1, -0.05) is 36.4 Å². The van der Waals surface area contributed by atoms with Crippen LogP contribution in [0.4, 0.5) is 0 Å². The van der Waals surface area contributed by atoms with Crippen molar-refractivity contribution >= 4 is 29.4 Å². The number of hydrogen-bond donors (Lipinski definition) is 0. The molecule has 140 valence electrons. The third-order valence-corrected chi connectivity index (χ3v) is 5.48. The Morgan fingerprint density at radius 2 is 1.55 bits per heavy atom. The summed E-state index contributed by atoms with van der Waals surface area (Å²) in [4.78, 5) is 26.1. The number of imide groups is 1. The van der Waals surface area contributed by atoms with Crippen LogP contribution in [-0.4, -0.2) is 32.8 Å². The normalized spacial score (nSPS) is 13.4. The summed E-state index contributed by atoms with van der Waals surface area (Å²) in [6, 6.07) is 20.4. The van der Waals surface area contributed by atoms with Crippen molar-refractivity contribution in [1.82, 2.24) is 14.8 Å². The zero-order valence-electron chi connectivity index (χ0n) is 15.1. The van der Waals surface area contributed by atoms with Crippen molar-refractivity contribution < 1.29 is 9.59 Å². The molecule has 6 nitrogen and oxygen atoms in total. The molecule has 0 unspecified atom stereocenters. The molecule has 5 rings (SSSR count). The van der Waals surface area contributed by atoms with Crippen molar-refractivity contribution in [3.63, 3.8) is 0 Å². The Hall–Kier alpha value is -3.84. The Balaban J connectivity index is 1.54. The highest BCUT2D eigenvalue weighted by atomic mass is 32.1. The van der Waals surface area contributed by atoms with E-state index < -0.39 is 11.8 Å². The fourth-order valence-electron chi connectivity index (χ4n) is 3.20. The van der Waals surface area contributed by atoms with Gasteiger partial charge in [0.05, 0.1) is 27.9 Å². The first-order valence-electron chi connectivity index (χ1n) is 8.93. The Labute approximate surface area is 170 Å². The topological polar surface area (TPSA) is 67.6 Å². The van der Waals surface area contributed by atoms with Crippen molar-refractivity contribution in [2.24, 2.45) is 5.10 Å². The minimum atomic E-state index is -0.421. The van der Waals surface area contributed by atoms with Crippen molar-refractivity contribution in [3.8, 4) is 16.3 Å². The minimum absolute atomic E-state index is 0.369. The number of para-hydroxylation sites is 1. The van der Waals surface area contributed by atoms with Gasteiger partial charge in [-0.3, -0.25) is 9.59 Å². The number of benzene rings is 2. The molecular weight excluding hydrogens is 384 g/mol. The van der Waals surface area contributed by atoms with Crippen LogP contribution in [0.25, 0.3) is 16.3 Å². The maximum absolute atomic E-state index is 12.5. The molecule has 1 aliphatic heterocycles. The van der Waals surface area contributed by atoms with Crippen LogP contribution in [0, 0.1) is 0 Å². The number of carbonyl (C=O) groups is 2. The van der Waals surface area contributed by atoms with Crippen LogP contribution in [0.3, 0.4) is 0 Å². The summed E-state index contributed by atoms with van der Waals surface area (Å²) in [7, 11) is 0. The van der Waals surface area contributed by atoms with E-state index >= 15 is 0 Å². The zero-order valence-corrected chi connectivity index (χ0v) is 15.9. The molecule has 0 atom stereocenters. The summed E-state index contributed by atoms with van der Waals surface area (Å²) in [5, 5.41) is 11.8. The van der Waals surface area contributed by atoms with E-state index in [0.29, 0.717) is 16.7 Å². The minimum Gasteiger partial charge on any atom is -0.267 e. The summed E-state index contributed by atoms with van der Waals surface area (Å²) in [6.45, 7) is 0. The first kappa shape index (κ1) is 17.3. The van der Waals surface area contributed by atoms with E-state index in [4.69, 9.17) is 5.10 Å². The van der Waals surface area contributed by atoms with Crippen LogP contribution in [0.5, 0.6) is 0 Å². The lowest BCUT2D eigenvalue weighted by Gasteiger charge is -2.05. The van der Waals surface area contributed by atoms with Gasteiger partial charge in [0.1, 0.15) is 5.69 Å². The molecule has 7 heteroatoms. The summed E-state index contributed by atoms with van der Waals surface area (Å²) < 4.78 is 1.76. The van der Waals surface area contributed by atoms with Gasteiger partial charge in [-0.15, -0.1) is 11.3 Å². The standard InChI is InChI=1S/C22H14N4O2S/c27-21-17-9-4-5-10-18(17)22(28)26(21)23-13-15-14-25(16-7-2-1-3-8-16)24-20(15)19-11-6-12-29-19/h1-14H/b23-13+. The molecule has 4 aromatic rings. The van der Waals surface area contributed by atoms with Gasteiger partial charge in [-0.2, -0.15) is 15.2 Å². The van der Waals surface area contributed by atoms with Crippen molar-refractivity contribution in [2.75, 3.05) is 0 Å². The highest BCUT2D eigenvalue weighted by Crippen LogP contribution is 2.28. The molecule has 0 N–H and O–H groups in total. The van der Waals surface area contributed by atoms with E-state index in [1.54, 1.807) is 40.3 Å². The predicted octanol–water partition coefficient (Wildman–Crippen LogP) is 4.23. The molecule has 0 fully saturated rings. The third kappa shape index (κ3) is 2.97. The van der Waals surface area contributed by atoms with Crippen molar-refractivity contribution in [2.45, 2.75) is 0 Å². The molecule has 0 saturated heterocycles. The lowest BCUT2D eigenvalue weighted by Crippen LogP contribution is -2.24. The van der Waals surface area contributed by atoms with Crippen LogP contribution in [0.1, 0.15) is 26.3 Å².